The fourth-order valence-corrected chi connectivity index (χ4v) is 5.20. The number of aliphatic hydroxyl groups is 1. The Morgan fingerprint density at radius 1 is 1.10 bits per heavy atom. The lowest BCUT2D eigenvalue weighted by Crippen LogP contribution is -2.52. The molecule has 5 heterocycles. The first-order valence-electron chi connectivity index (χ1n) is 14.0. The summed E-state index contributed by atoms with van der Waals surface area (Å²) < 4.78 is 7.85. The van der Waals surface area contributed by atoms with Crippen LogP contribution < -0.4 is 9.64 Å². The second kappa shape index (κ2) is 12.2. The van der Waals surface area contributed by atoms with Gasteiger partial charge in [-0.1, -0.05) is 13.8 Å². The Labute approximate surface area is 235 Å². The second-order valence-electron chi connectivity index (χ2n) is 11.0. The summed E-state index contributed by atoms with van der Waals surface area (Å²) >= 11 is 0. The molecular weight excluding hydrogens is 508 g/mol. The molecule has 0 saturated carbocycles. The Morgan fingerprint density at radius 2 is 1.85 bits per heavy atom. The van der Waals surface area contributed by atoms with Crippen molar-refractivity contribution in [2.45, 2.75) is 20.0 Å². The maximum atomic E-state index is 12.5. The smallest absolute Gasteiger partial charge is 0.251 e. The van der Waals surface area contributed by atoms with Crippen LogP contribution in [0.3, 0.4) is 0 Å². The summed E-state index contributed by atoms with van der Waals surface area (Å²) in [5, 5.41) is 24.2. The molecule has 212 valence electrons. The van der Waals surface area contributed by atoms with E-state index in [1.54, 1.807) is 15.6 Å². The number of aromatic nitrogens is 3. The molecule has 11 nitrogen and oxygen atoms in total. The fraction of sp³-hybridized carbons (Fsp3) is 0.517. The molecule has 40 heavy (non-hydrogen) atoms. The van der Waals surface area contributed by atoms with Crippen molar-refractivity contribution in [1.82, 2.24) is 29.3 Å². The zero-order valence-electron chi connectivity index (χ0n) is 23.5. The number of hydrogen-bond donors (Lipinski definition) is 1. The molecule has 2 aliphatic rings. The van der Waals surface area contributed by atoms with Gasteiger partial charge in [-0.3, -0.25) is 9.69 Å². The number of carbonyl (C=O) groups excluding carboxylic acids is 1. The van der Waals surface area contributed by atoms with E-state index in [9.17, 15) is 15.2 Å². The third-order valence-electron chi connectivity index (χ3n) is 7.84. The molecule has 0 aromatic carbocycles. The molecule has 0 aliphatic carbocycles. The van der Waals surface area contributed by atoms with Gasteiger partial charge in [-0.05, 0) is 31.2 Å². The van der Waals surface area contributed by atoms with Crippen molar-refractivity contribution in [3.63, 3.8) is 0 Å². The molecular formula is C29H38N8O3. The molecule has 0 spiro atoms. The first-order valence-corrected chi connectivity index (χ1v) is 14.0. The predicted octanol–water partition coefficient (Wildman–Crippen LogP) is 1.56. The lowest BCUT2D eigenvalue weighted by molar-refractivity contribution is -0.142. The van der Waals surface area contributed by atoms with Crippen LogP contribution in [-0.4, -0.2) is 119 Å². The van der Waals surface area contributed by atoms with Crippen LogP contribution in [0.2, 0.25) is 0 Å². The van der Waals surface area contributed by atoms with E-state index in [1.807, 2.05) is 44.4 Å². The van der Waals surface area contributed by atoms with Gasteiger partial charge in [0.25, 0.3) is 5.91 Å². The molecule has 1 N–H and O–H groups in total. The minimum Gasteiger partial charge on any atom is -0.491 e. The molecule has 2 saturated heterocycles. The first kappa shape index (κ1) is 27.8. The van der Waals surface area contributed by atoms with Crippen LogP contribution in [0.25, 0.3) is 16.6 Å². The van der Waals surface area contributed by atoms with Crippen LogP contribution in [0.1, 0.15) is 19.4 Å². The van der Waals surface area contributed by atoms with Crippen LogP contribution in [0, 0.1) is 17.2 Å². The van der Waals surface area contributed by atoms with E-state index in [-0.39, 0.29) is 11.8 Å². The summed E-state index contributed by atoms with van der Waals surface area (Å²) in [6.45, 7) is 11.7. The summed E-state index contributed by atoms with van der Waals surface area (Å²) in [7, 11) is 2.15. The molecule has 5 rings (SSSR count). The Morgan fingerprint density at radius 3 is 2.50 bits per heavy atom. The number of carbonyl (C=O) groups is 1. The minimum absolute atomic E-state index is 0.107. The Balaban J connectivity index is 1.29. The lowest BCUT2D eigenvalue weighted by atomic mass is 10.0. The number of aliphatic hydroxyl groups excluding tert-OH is 1. The van der Waals surface area contributed by atoms with E-state index in [0.29, 0.717) is 44.1 Å². The normalized spacial score (nSPS) is 17.8. The average molecular weight is 547 g/mol. The van der Waals surface area contributed by atoms with Crippen molar-refractivity contribution in [3.8, 4) is 22.9 Å². The number of likely N-dealkylation sites (N-methyl/N-ethyl adjacent to an activating group) is 1. The number of rotatable bonds is 8. The third kappa shape index (κ3) is 6.04. The number of fused-ring (bicyclic) bond motifs is 1. The van der Waals surface area contributed by atoms with Crippen LogP contribution in [-0.2, 0) is 4.79 Å². The van der Waals surface area contributed by atoms with E-state index in [2.05, 4.69) is 32.9 Å². The van der Waals surface area contributed by atoms with Gasteiger partial charge in [0.2, 0.25) is 0 Å². The predicted molar refractivity (Wildman–Crippen MR) is 152 cm³/mol. The molecule has 0 radical (unpaired) electrons. The molecule has 1 amide bonds. The van der Waals surface area contributed by atoms with Crippen molar-refractivity contribution < 1.29 is 14.6 Å². The van der Waals surface area contributed by atoms with Crippen molar-refractivity contribution in [3.05, 3.63) is 42.4 Å². The summed E-state index contributed by atoms with van der Waals surface area (Å²) in [5.74, 6) is 1.20. The average Bonchev–Trinajstić information content (AvgIpc) is 3.40. The van der Waals surface area contributed by atoms with Gasteiger partial charge < -0.3 is 24.5 Å². The molecule has 0 bridgehead atoms. The largest absolute Gasteiger partial charge is 0.491 e. The van der Waals surface area contributed by atoms with Crippen molar-refractivity contribution in [1.29, 1.82) is 5.26 Å². The standard InChI is InChI=1S/C29H38N8O3/c1-21(2)28(38)29(39)36-12-10-35(11-13-36)26-5-4-22(18-31-26)25-16-24(20-37-27(25)23(17-30)19-32-37)40-15-14-34-8-6-33(3)7-9-34/h4-5,16,18-21,28,38H,6-15H2,1-3H3. The lowest BCUT2D eigenvalue weighted by Gasteiger charge is -2.36. The van der Waals surface area contributed by atoms with Crippen LogP contribution >= 0.6 is 0 Å². The van der Waals surface area contributed by atoms with E-state index in [4.69, 9.17) is 9.72 Å². The van der Waals surface area contributed by atoms with E-state index >= 15 is 0 Å². The zero-order chi connectivity index (χ0) is 28.2. The molecule has 1 unspecified atom stereocenters. The van der Waals surface area contributed by atoms with Gasteiger partial charge in [0.05, 0.1) is 23.5 Å². The van der Waals surface area contributed by atoms with Crippen LogP contribution in [0.5, 0.6) is 5.75 Å². The van der Waals surface area contributed by atoms with Gasteiger partial charge in [-0.25, -0.2) is 9.50 Å². The van der Waals surface area contributed by atoms with Crippen molar-refractivity contribution >= 4 is 17.2 Å². The molecule has 3 aromatic rings. The number of amides is 1. The first-order chi connectivity index (χ1) is 19.3. The SMILES string of the molecule is CC(C)C(O)C(=O)N1CCN(c2ccc(-c3cc(OCCN4CCN(C)CC4)cn4ncc(C#N)c34)cn2)CC1. The number of ether oxygens (including phenoxy) is 1. The van der Waals surface area contributed by atoms with Crippen molar-refractivity contribution in [2.24, 2.45) is 5.92 Å². The van der Waals surface area contributed by atoms with Gasteiger partial charge in [0, 0.05) is 76.2 Å². The molecule has 2 fully saturated rings. The Kier molecular flexibility index (Phi) is 8.49. The highest BCUT2D eigenvalue weighted by atomic mass is 16.5. The number of nitriles is 1. The molecule has 1 atom stereocenters. The second-order valence-corrected chi connectivity index (χ2v) is 11.0. The highest BCUT2D eigenvalue weighted by molar-refractivity contribution is 5.85. The fourth-order valence-electron chi connectivity index (χ4n) is 5.20. The van der Waals surface area contributed by atoms with E-state index < -0.39 is 6.10 Å². The molecule has 3 aromatic heterocycles. The Hall–Kier alpha value is -3.72. The van der Waals surface area contributed by atoms with Crippen LogP contribution in [0.15, 0.2) is 36.8 Å². The quantitative estimate of drug-likeness (QED) is 0.450. The maximum Gasteiger partial charge on any atom is 0.251 e. The summed E-state index contributed by atoms with van der Waals surface area (Å²) in [6, 6.07) is 8.18. The Bertz CT molecular complexity index is 1350. The minimum atomic E-state index is -0.964. The number of nitrogens with zero attached hydrogens (tertiary/aromatic N) is 8. The van der Waals surface area contributed by atoms with Gasteiger partial charge >= 0.3 is 0 Å². The van der Waals surface area contributed by atoms with Gasteiger partial charge in [-0.15, -0.1) is 0 Å². The summed E-state index contributed by atoms with van der Waals surface area (Å²) in [4.78, 5) is 25.8. The van der Waals surface area contributed by atoms with Gasteiger partial charge in [-0.2, -0.15) is 10.4 Å². The zero-order valence-corrected chi connectivity index (χ0v) is 23.5. The molecule has 11 heteroatoms. The van der Waals surface area contributed by atoms with E-state index in [0.717, 1.165) is 55.2 Å². The number of hydrogen-bond acceptors (Lipinski definition) is 9. The molecule has 2 aliphatic heterocycles. The topological polar surface area (TPSA) is 113 Å². The van der Waals surface area contributed by atoms with Gasteiger partial charge in [0.15, 0.2) is 0 Å². The summed E-state index contributed by atoms with van der Waals surface area (Å²) in [5.41, 5.74) is 2.92. The number of piperazine rings is 2. The monoisotopic (exact) mass is 546 g/mol. The van der Waals surface area contributed by atoms with Gasteiger partial charge in [0.1, 0.15) is 30.3 Å². The maximum absolute atomic E-state index is 12.5. The highest BCUT2D eigenvalue weighted by Crippen LogP contribution is 2.31. The van der Waals surface area contributed by atoms with E-state index in [1.165, 1.54) is 0 Å². The number of anilines is 1. The van der Waals surface area contributed by atoms with Crippen LogP contribution in [0.4, 0.5) is 5.82 Å². The summed E-state index contributed by atoms with van der Waals surface area (Å²) in [6.07, 6.45) is 4.25. The third-order valence-corrected chi connectivity index (χ3v) is 7.84. The highest BCUT2D eigenvalue weighted by Gasteiger charge is 2.28. The number of pyridine rings is 2. The van der Waals surface area contributed by atoms with Crippen molar-refractivity contribution in [2.75, 3.05) is 77.5 Å².